The van der Waals surface area contributed by atoms with E-state index in [1.54, 1.807) is 32.9 Å². The molecule has 1 unspecified atom stereocenters. The Hall–Kier alpha value is -2.38. The fourth-order valence-corrected chi connectivity index (χ4v) is 4.77. The minimum atomic E-state index is -3.36. The Labute approximate surface area is 186 Å². The third kappa shape index (κ3) is 7.99. The smallest absolute Gasteiger partial charge is 0.261 e. The molecule has 0 radical (unpaired) electrons. The van der Waals surface area contributed by atoms with E-state index in [-0.39, 0.29) is 17.7 Å². The maximum Gasteiger partial charge on any atom is 0.261 e. The lowest BCUT2D eigenvalue weighted by atomic mass is 9.98. The van der Waals surface area contributed by atoms with Gasteiger partial charge in [-0.15, -0.1) is 0 Å². The first-order chi connectivity index (χ1) is 14.5. The van der Waals surface area contributed by atoms with Crippen LogP contribution in [-0.2, 0) is 27.1 Å². The molecule has 0 aromatic heterocycles. The van der Waals surface area contributed by atoms with Crippen molar-refractivity contribution in [2.75, 3.05) is 0 Å². The summed E-state index contributed by atoms with van der Waals surface area (Å²) in [6, 6.07) is 12.9. The Balaban J connectivity index is 1.88. The van der Waals surface area contributed by atoms with Gasteiger partial charge in [-0.2, -0.15) is 0 Å². The van der Waals surface area contributed by atoms with Crippen LogP contribution in [0.2, 0.25) is 0 Å². The standard InChI is InChI=1S/C24H34N2O4S/c1-16(2)23-12-11-22(13-18(23)5)30-19(6)24(27)25-14-20-7-9-21(10-8-20)15-31(28,29)26-17(3)4/h7-13,16-17,19,26H,14-15H2,1-6H3,(H,25,27). The number of ether oxygens (including phenoxy) is 1. The van der Waals surface area contributed by atoms with Crippen LogP contribution in [0.15, 0.2) is 42.5 Å². The molecule has 0 saturated carbocycles. The zero-order valence-corrected chi connectivity index (χ0v) is 20.0. The molecule has 0 fully saturated rings. The second kappa shape index (κ2) is 10.8. The number of carbonyl (C=O) groups excluding carboxylic acids is 1. The van der Waals surface area contributed by atoms with Gasteiger partial charge in [-0.25, -0.2) is 13.1 Å². The van der Waals surface area contributed by atoms with Crippen LogP contribution in [0.25, 0.3) is 0 Å². The number of hydrogen-bond acceptors (Lipinski definition) is 4. The number of aryl methyl sites for hydroxylation is 1. The second-order valence-corrected chi connectivity index (χ2v) is 10.3. The van der Waals surface area contributed by atoms with Gasteiger partial charge in [0, 0.05) is 12.6 Å². The van der Waals surface area contributed by atoms with Crippen LogP contribution in [0.3, 0.4) is 0 Å². The average molecular weight is 447 g/mol. The highest BCUT2D eigenvalue weighted by Crippen LogP contribution is 2.24. The Morgan fingerprint density at radius 1 is 0.968 bits per heavy atom. The maximum absolute atomic E-state index is 12.4. The van der Waals surface area contributed by atoms with Crippen LogP contribution >= 0.6 is 0 Å². The van der Waals surface area contributed by atoms with Crippen LogP contribution in [0, 0.1) is 6.92 Å². The molecular weight excluding hydrogens is 412 g/mol. The molecule has 0 bridgehead atoms. The molecule has 0 heterocycles. The zero-order chi connectivity index (χ0) is 23.2. The van der Waals surface area contributed by atoms with Crippen LogP contribution in [0.5, 0.6) is 5.75 Å². The second-order valence-electron chi connectivity index (χ2n) is 8.50. The van der Waals surface area contributed by atoms with Gasteiger partial charge in [-0.1, -0.05) is 44.2 Å². The highest BCUT2D eigenvalue weighted by Gasteiger charge is 2.16. The van der Waals surface area contributed by atoms with Gasteiger partial charge >= 0.3 is 0 Å². The molecule has 0 aliphatic heterocycles. The molecular formula is C24H34N2O4S. The van der Waals surface area contributed by atoms with E-state index in [0.29, 0.717) is 23.8 Å². The van der Waals surface area contributed by atoms with E-state index in [1.807, 2.05) is 37.3 Å². The lowest BCUT2D eigenvalue weighted by molar-refractivity contribution is -0.127. The largest absolute Gasteiger partial charge is 0.481 e. The number of amides is 1. The normalized spacial score (nSPS) is 12.8. The van der Waals surface area contributed by atoms with Crippen molar-refractivity contribution < 1.29 is 17.9 Å². The molecule has 170 valence electrons. The molecule has 31 heavy (non-hydrogen) atoms. The van der Waals surface area contributed by atoms with Gasteiger partial charge < -0.3 is 10.1 Å². The van der Waals surface area contributed by atoms with Gasteiger partial charge in [-0.3, -0.25) is 4.79 Å². The third-order valence-corrected chi connectivity index (χ3v) is 6.35. The van der Waals surface area contributed by atoms with Crippen molar-refractivity contribution in [2.24, 2.45) is 0 Å². The van der Waals surface area contributed by atoms with Crippen molar-refractivity contribution in [1.29, 1.82) is 0 Å². The van der Waals surface area contributed by atoms with Crippen LogP contribution in [0.4, 0.5) is 0 Å². The molecule has 6 nitrogen and oxygen atoms in total. The van der Waals surface area contributed by atoms with E-state index < -0.39 is 16.1 Å². The van der Waals surface area contributed by atoms with E-state index in [4.69, 9.17) is 4.74 Å². The van der Waals surface area contributed by atoms with E-state index in [0.717, 1.165) is 11.1 Å². The van der Waals surface area contributed by atoms with Gasteiger partial charge in [0.2, 0.25) is 10.0 Å². The molecule has 0 saturated heterocycles. The fraction of sp³-hybridized carbons (Fsp3) is 0.458. The van der Waals surface area contributed by atoms with Crippen molar-refractivity contribution >= 4 is 15.9 Å². The topological polar surface area (TPSA) is 84.5 Å². The summed E-state index contributed by atoms with van der Waals surface area (Å²) in [6.07, 6.45) is -0.629. The predicted octanol–water partition coefficient (Wildman–Crippen LogP) is 4.03. The quantitative estimate of drug-likeness (QED) is 0.577. The van der Waals surface area contributed by atoms with E-state index in [9.17, 15) is 13.2 Å². The summed E-state index contributed by atoms with van der Waals surface area (Å²) in [7, 11) is -3.36. The van der Waals surface area contributed by atoms with Crippen LogP contribution < -0.4 is 14.8 Å². The highest BCUT2D eigenvalue weighted by molar-refractivity contribution is 7.88. The molecule has 7 heteroatoms. The Bertz CT molecular complexity index is 983. The summed E-state index contributed by atoms with van der Waals surface area (Å²) in [5.74, 6) is 0.828. The third-order valence-electron chi connectivity index (χ3n) is 4.81. The minimum absolute atomic E-state index is 0.0717. The first-order valence-corrected chi connectivity index (χ1v) is 12.2. The van der Waals surface area contributed by atoms with E-state index in [1.165, 1.54) is 5.56 Å². The molecule has 2 rings (SSSR count). The van der Waals surface area contributed by atoms with Gasteiger partial charge in [0.1, 0.15) is 5.75 Å². The number of rotatable bonds is 10. The van der Waals surface area contributed by atoms with Crippen LogP contribution in [0.1, 0.15) is 62.8 Å². The lowest BCUT2D eigenvalue weighted by Crippen LogP contribution is -2.35. The SMILES string of the molecule is Cc1cc(OC(C)C(=O)NCc2ccc(CS(=O)(=O)NC(C)C)cc2)ccc1C(C)C. The molecule has 0 aliphatic rings. The Morgan fingerprint density at radius 2 is 1.58 bits per heavy atom. The molecule has 2 aromatic rings. The van der Waals surface area contributed by atoms with Crippen molar-refractivity contribution in [3.8, 4) is 5.75 Å². The van der Waals surface area contributed by atoms with Crippen molar-refractivity contribution in [3.05, 3.63) is 64.7 Å². The molecule has 2 aromatic carbocycles. The van der Waals surface area contributed by atoms with E-state index >= 15 is 0 Å². The molecule has 1 amide bonds. The van der Waals surface area contributed by atoms with Crippen LogP contribution in [-0.4, -0.2) is 26.5 Å². The van der Waals surface area contributed by atoms with Gasteiger partial charge in [0.25, 0.3) is 5.91 Å². The summed E-state index contributed by atoms with van der Waals surface area (Å²) in [4.78, 5) is 12.4. The first-order valence-electron chi connectivity index (χ1n) is 10.6. The summed E-state index contributed by atoms with van der Waals surface area (Å²) < 4.78 is 32.4. The summed E-state index contributed by atoms with van der Waals surface area (Å²) in [6.45, 7) is 12.0. The Morgan fingerprint density at radius 3 is 2.13 bits per heavy atom. The molecule has 1 atom stereocenters. The molecule has 0 spiro atoms. The van der Waals surface area contributed by atoms with Crippen molar-refractivity contribution in [2.45, 2.75) is 71.9 Å². The maximum atomic E-state index is 12.4. The van der Waals surface area contributed by atoms with Gasteiger partial charge in [-0.05, 0) is 68.0 Å². The number of hydrogen-bond donors (Lipinski definition) is 2. The average Bonchev–Trinajstić information content (AvgIpc) is 2.65. The van der Waals surface area contributed by atoms with Gasteiger partial charge in [0.05, 0.1) is 5.75 Å². The zero-order valence-electron chi connectivity index (χ0n) is 19.2. The Kier molecular flexibility index (Phi) is 8.65. The number of nitrogens with one attached hydrogen (secondary N) is 2. The van der Waals surface area contributed by atoms with E-state index in [2.05, 4.69) is 23.9 Å². The molecule has 2 N–H and O–H groups in total. The van der Waals surface area contributed by atoms with Crippen molar-refractivity contribution in [1.82, 2.24) is 10.0 Å². The van der Waals surface area contributed by atoms with Gasteiger partial charge in [0.15, 0.2) is 6.10 Å². The number of carbonyl (C=O) groups is 1. The fourth-order valence-electron chi connectivity index (χ4n) is 3.33. The summed E-state index contributed by atoms with van der Waals surface area (Å²) in [5, 5.41) is 2.86. The number of sulfonamides is 1. The monoisotopic (exact) mass is 446 g/mol. The van der Waals surface area contributed by atoms with Crippen molar-refractivity contribution in [3.63, 3.8) is 0 Å². The summed E-state index contributed by atoms with van der Waals surface area (Å²) in [5.41, 5.74) is 3.99. The molecule has 0 aliphatic carbocycles. The number of benzene rings is 2. The lowest BCUT2D eigenvalue weighted by Gasteiger charge is -2.17. The summed E-state index contributed by atoms with van der Waals surface area (Å²) >= 11 is 0. The predicted molar refractivity (Wildman–Crippen MR) is 125 cm³/mol. The first kappa shape index (κ1) is 24.9. The highest BCUT2D eigenvalue weighted by atomic mass is 32.2. The minimum Gasteiger partial charge on any atom is -0.481 e.